The van der Waals surface area contributed by atoms with Crippen LogP contribution in [-0.2, 0) is 27.6 Å². The van der Waals surface area contributed by atoms with Crippen LogP contribution in [0.15, 0.2) is 52.4 Å². The highest BCUT2D eigenvalue weighted by Crippen LogP contribution is 2.23. The van der Waals surface area contributed by atoms with Gasteiger partial charge in [-0.15, -0.1) is 0 Å². The SMILES string of the molecule is COc1ccc2c(c1)sc(=NC(=O)Cc1ccc(S(=O)(=O)C(C)C)cc1)n2CCSC. The minimum absolute atomic E-state index is 0.113. The summed E-state index contributed by atoms with van der Waals surface area (Å²) in [7, 11) is -1.70. The van der Waals surface area contributed by atoms with Crippen LogP contribution < -0.4 is 9.54 Å². The van der Waals surface area contributed by atoms with Crippen molar-refractivity contribution in [2.24, 2.45) is 4.99 Å². The summed E-state index contributed by atoms with van der Waals surface area (Å²) in [5.74, 6) is 1.40. The minimum atomic E-state index is -3.33. The number of sulfone groups is 1. The van der Waals surface area contributed by atoms with Crippen LogP contribution in [-0.4, -0.2) is 43.3 Å². The standard InChI is InChI=1S/C22H26N2O4S3/c1-15(2)31(26,27)18-8-5-16(6-9-18)13-21(25)23-22-24(11-12-29-4)19-10-7-17(28-3)14-20(19)30-22/h5-10,14-15H,11-13H2,1-4H3. The number of rotatable bonds is 8. The molecule has 0 bridgehead atoms. The topological polar surface area (TPSA) is 77.7 Å². The van der Waals surface area contributed by atoms with Gasteiger partial charge in [-0.25, -0.2) is 8.42 Å². The average Bonchev–Trinajstić information content (AvgIpc) is 3.08. The fourth-order valence-electron chi connectivity index (χ4n) is 3.05. The zero-order chi connectivity index (χ0) is 22.6. The Labute approximate surface area is 190 Å². The zero-order valence-electron chi connectivity index (χ0n) is 18.0. The third kappa shape index (κ3) is 5.39. The van der Waals surface area contributed by atoms with Crippen LogP contribution in [0.5, 0.6) is 5.75 Å². The Hall–Kier alpha value is -2.10. The van der Waals surface area contributed by atoms with E-state index in [0.717, 1.165) is 33.8 Å². The monoisotopic (exact) mass is 478 g/mol. The van der Waals surface area contributed by atoms with Crippen molar-refractivity contribution in [2.75, 3.05) is 19.1 Å². The summed E-state index contributed by atoms with van der Waals surface area (Å²) >= 11 is 3.19. The van der Waals surface area contributed by atoms with E-state index in [-0.39, 0.29) is 17.2 Å². The minimum Gasteiger partial charge on any atom is -0.497 e. The number of carbonyl (C=O) groups is 1. The van der Waals surface area contributed by atoms with E-state index in [1.807, 2.05) is 24.5 Å². The maximum Gasteiger partial charge on any atom is 0.252 e. The van der Waals surface area contributed by atoms with Crippen LogP contribution >= 0.6 is 23.1 Å². The number of fused-ring (bicyclic) bond motifs is 1. The van der Waals surface area contributed by atoms with Crippen molar-refractivity contribution < 1.29 is 17.9 Å². The maximum absolute atomic E-state index is 12.7. The molecule has 166 valence electrons. The molecule has 6 nitrogen and oxygen atoms in total. The molecule has 9 heteroatoms. The molecule has 1 aromatic heterocycles. The van der Waals surface area contributed by atoms with Crippen LogP contribution in [0.4, 0.5) is 0 Å². The number of aromatic nitrogens is 1. The lowest BCUT2D eigenvalue weighted by atomic mass is 10.1. The summed E-state index contributed by atoms with van der Waals surface area (Å²) in [6.07, 6.45) is 2.16. The Morgan fingerprint density at radius 3 is 2.52 bits per heavy atom. The first-order valence-corrected chi connectivity index (χ1v) is 13.6. The molecule has 0 N–H and O–H groups in total. The number of benzene rings is 2. The molecule has 0 aliphatic rings. The van der Waals surface area contributed by atoms with Gasteiger partial charge in [-0.05, 0) is 56.0 Å². The van der Waals surface area contributed by atoms with E-state index in [0.29, 0.717) is 4.80 Å². The van der Waals surface area contributed by atoms with Crippen LogP contribution in [0.2, 0.25) is 0 Å². The molecular formula is C22H26N2O4S3. The number of nitrogens with zero attached hydrogens (tertiary/aromatic N) is 2. The fraction of sp³-hybridized carbons (Fsp3) is 0.364. The normalized spacial score (nSPS) is 12.6. The molecule has 0 saturated heterocycles. The van der Waals surface area contributed by atoms with Crippen LogP contribution in [0.1, 0.15) is 19.4 Å². The van der Waals surface area contributed by atoms with Crippen molar-refractivity contribution in [3.63, 3.8) is 0 Å². The lowest BCUT2D eigenvalue weighted by Gasteiger charge is -2.08. The molecule has 31 heavy (non-hydrogen) atoms. The van der Waals surface area contributed by atoms with E-state index in [1.165, 1.54) is 11.3 Å². The van der Waals surface area contributed by atoms with E-state index in [9.17, 15) is 13.2 Å². The Morgan fingerprint density at radius 1 is 1.19 bits per heavy atom. The number of ether oxygens (including phenoxy) is 1. The highest BCUT2D eigenvalue weighted by atomic mass is 32.2. The molecule has 0 radical (unpaired) electrons. The predicted molar refractivity (Wildman–Crippen MR) is 128 cm³/mol. The number of thioether (sulfide) groups is 1. The Morgan fingerprint density at radius 2 is 1.90 bits per heavy atom. The van der Waals surface area contributed by atoms with Gasteiger partial charge in [0.25, 0.3) is 5.91 Å². The summed E-state index contributed by atoms with van der Waals surface area (Å²) in [4.78, 5) is 18.0. The van der Waals surface area contributed by atoms with Gasteiger partial charge in [0.2, 0.25) is 0 Å². The highest BCUT2D eigenvalue weighted by Gasteiger charge is 2.19. The number of carbonyl (C=O) groups excluding carboxylic acids is 1. The predicted octanol–water partition coefficient (Wildman–Crippen LogP) is 3.93. The van der Waals surface area contributed by atoms with E-state index >= 15 is 0 Å². The van der Waals surface area contributed by atoms with Gasteiger partial charge in [0.15, 0.2) is 14.6 Å². The fourth-order valence-corrected chi connectivity index (χ4v) is 5.58. The summed E-state index contributed by atoms with van der Waals surface area (Å²) in [6, 6.07) is 12.3. The molecule has 2 aromatic carbocycles. The van der Waals surface area contributed by atoms with Gasteiger partial charge in [0, 0.05) is 12.3 Å². The second-order valence-electron chi connectivity index (χ2n) is 7.28. The van der Waals surface area contributed by atoms with Gasteiger partial charge in [-0.3, -0.25) is 4.79 Å². The number of hydrogen-bond acceptors (Lipinski definition) is 6. The lowest BCUT2D eigenvalue weighted by molar-refractivity contribution is -0.117. The maximum atomic E-state index is 12.7. The molecule has 0 atom stereocenters. The Bertz CT molecular complexity index is 1240. The van der Waals surface area contributed by atoms with E-state index < -0.39 is 15.1 Å². The van der Waals surface area contributed by atoms with Crippen LogP contribution in [0.25, 0.3) is 10.2 Å². The van der Waals surface area contributed by atoms with Crippen molar-refractivity contribution in [3.05, 3.63) is 52.8 Å². The highest BCUT2D eigenvalue weighted by molar-refractivity contribution is 7.98. The van der Waals surface area contributed by atoms with Gasteiger partial charge in [-0.2, -0.15) is 16.8 Å². The smallest absolute Gasteiger partial charge is 0.252 e. The summed E-state index contributed by atoms with van der Waals surface area (Å²) < 4.78 is 32.9. The van der Waals surface area contributed by atoms with E-state index in [2.05, 4.69) is 9.56 Å². The molecule has 0 spiro atoms. The number of methoxy groups -OCH3 is 1. The van der Waals surface area contributed by atoms with Gasteiger partial charge in [0.05, 0.1) is 33.9 Å². The largest absolute Gasteiger partial charge is 0.497 e. The van der Waals surface area contributed by atoms with Gasteiger partial charge >= 0.3 is 0 Å². The first-order valence-electron chi connectivity index (χ1n) is 9.83. The molecule has 1 heterocycles. The molecule has 0 aliphatic carbocycles. The average molecular weight is 479 g/mol. The molecular weight excluding hydrogens is 452 g/mol. The quantitative estimate of drug-likeness (QED) is 0.490. The van der Waals surface area contributed by atoms with E-state index in [1.54, 1.807) is 57.0 Å². The van der Waals surface area contributed by atoms with Crippen LogP contribution in [0.3, 0.4) is 0 Å². The first kappa shape index (κ1) is 23.6. The third-order valence-electron chi connectivity index (χ3n) is 4.86. The molecule has 0 fully saturated rings. The molecule has 3 rings (SSSR count). The lowest BCUT2D eigenvalue weighted by Crippen LogP contribution is -2.18. The second-order valence-corrected chi connectivity index (χ2v) is 11.8. The molecule has 3 aromatic rings. The first-order chi connectivity index (χ1) is 14.8. The van der Waals surface area contributed by atoms with Crippen molar-refractivity contribution >= 4 is 49.1 Å². The second kappa shape index (κ2) is 10.0. The number of amides is 1. The summed E-state index contributed by atoms with van der Waals surface area (Å²) in [6.45, 7) is 4.05. The van der Waals surface area contributed by atoms with Gasteiger partial charge < -0.3 is 9.30 Å². The summed E-state index contributed by atoms with van der Waals surface area (Å²) in [5, 5.41) is -0.488. The zero-order valence-corrected chi connectivity index (χ0v) is 20.4. The molecule has 1 amide bonds. The van der Waals surface area contributed by atoms with E-state index in [4.69, 9.17) is 4.74 Å². The molecule has 0 unspecified atom stereocenters. The van der Waals surface area contributed by atoms with Crippen molar-refractivity contribution in [2.45, 2.75) is 37.0 Å². The number of thiazole rings is 1. The number of aryl methyl sites for hydroxylation is 1. The van der Waals surface area contributed by atoms with Crippen molar-refractivity contribution in [1.82, 2.24) is 4.57 Å². The molecule has 0 saturated carbocycles. The summed E-state index contributed by atoms with van der Waals surface area (Å²) in [5.41, 5.74) is 1.75. The van der Waals surface area contributed by atoms with Crippen molar-refractivity contribution in [3.8, 4) is 5.75 Å². The van der Waals surface area contributed by atoms with Crippen LogP contribution in [0, 0.1) is 0 Å². The van der Waals surface area contributed by atoms with Crippen molar-refractivity contribution in [1.29, 1.82) is 0 Å². The third-order valence-corrected chi connectivity index (χ3v) is 8.66. The Balaban J connectivity index is 1.89. The van der Waals surface area contributed by atoms with Gasteiger partial charge in [-0.1, -0.05) is 23.5 Å². The Kier molecular flexibility index (Phi) is 7.61. The molecule has 0 aliphatic heterocycles. The number of hydrogen-bond donors (Lipinski definition) is 0. The van der Waals surface area contributed by atoms with Gasteiger partial charge in [0.1, 0.15) is 5.75 Å².